The Kier molecular flexibility index (Phi) is 4.13. The number of benzene rings is 2. The summed E-state index contributed by atoms with van der Waals surface area (Å²) in [5.74, 6) is 0. The lowest BCUT2D eigenvalue weighted by Gasteiger charge is -2.18. The number of nitrogens with one attached hydrogen (secondary N) is 1. The molecule has 2 N–H and O–H groups in total. The van der Waals surface area contributed by atoms with Crippen molar-refractivity contribution in [3.8, 4) is 6.07 Å². The zero-order chi connectivity index (χ0) is 16.6. The summed E-state index contributed by atoms with van der Waals surface area (Å²) >= 11 is 5.98. The molecule has 0 radical (unpaired) electrons. The maximum absolute atomic E-state index is 12.6. The van der Waals surface area contributed by atoms with Crippen LogP contribution in [0, 0.1) is 11.3 Å². The molecule has 0 spiro atoms. The van der Waals surface area contributed by atoms with Crippen molar-refractivity contribution in [2.24, 2.45) is 0 Å². The van der Waals surface area contributed by atoms with Crippen molar-refractivity contribution in [3.63, 3.8) is 0 Å². The summed E-state index contributed by atoms with van der Waals surface area (Å²) in [5, 5.41) is 19.0. The van der Waals surface area contributed by atoms with Crippen LogP contribution in [0.25, 0.3) is 0 Å². The van der Waals surface area contributed by atoms with Crippen LogP contribution in [-0.4, -0.2) is 19.6 Å². The second kappa shape index (κ2) is 5.95. The molecule has 0 saturated carbocycles. The second-order valence-corrected chi connectivity index (χ2v) is 7.42. The van der Waals surface area contributed by atoms with Crippen molar-refractivity contribution in [2.75, 3.05) is 0 Å². The van der Waals surface area contributed by atoms with E-state index in [0.717, 1.165) is 11.1 Å². The van der Waals surface area contributed by atoms with Gasteiger partial charge >= 0.3 is 0 Å². The van der Waals surface area contributed by atoms with E-state index in [-0.39, 0.29) is 15.5 Å². The van der Waals surface area contributed by atoms with E-state index in [1.807, 2.05) is 18.2 Å². The first-order valence-corrected chi connectivity index (χ1v) is 8.76. The lowest BCUT2D eigenvalue weighted by molar-refractivity contribution is 0.151. The summed E-state index contributed by atoms with van der Waals surface area (Å²) < 4.78 is 27.7. The van der Waals surface area contributed by atoms with Crippen molar-refractivity contribution in [3.05, 3.63) is 64.2 Å². The van der Waals surface area contributed by atoms with Gasteiger partial charge in [-0.15, -0.1) is 0 Å². The quantitative estimate of drug-likeness (QED) is 0.889. The summed E-state index contributed by atoms with van der Waals surface area (Å²) in [6.07, 6.45) is -0.441. The van der Waals surface area contributed by atoms with Crippen LogP contribution < -0.4 is 4.72 Å². The zero-order valence-electron chi connectivity index (χ0n) is 11.9. The van der Waals surface area contributed by atoms with Crippen LogP contribution in [0.15, 0.2) is 47.4 Å². The molecule has 5 nitrogen and oxygen atoms in total. The van der Waals surface area contributed by atoms with E-state index in [9.17, 15) is 13.5 Å². The van der Waals surface area contributed by atoms with Crippen LogP contribution >= 0.6 is 11.6 Å². The topological polar surface area (TPSA) is 90.2 Å². The van der Waals surface area contributed by atoms with E-state index in [2.05, 4.69) is 4.72 Å². The number of aliphatic hydroxyl groups is 1. The maximum Gasteiger partial charge on any atom is 0.242 e. The van der Waals surface area contributed by atoms with Crippen LogP contribution in [0.1, 0.15) is 22.7 Å². The minimum absolute atomic E-state index is 0.0303. The second-order valence-electron chi connectivity index (χ2n) is 5.33. The van der Waals surface area contributed by atoms with E-state index in [1.54, 1.807) is 12.1 Å². The van der Waals surface area contributed by atoms with E-state index >= 15 is 0 Å². The fourth-order valence-corrected chi connectivity index (χ4v) is 4.53. The monoisotopic (exact) mass is 348 g/mol. The molecule has 0 bridgehead atoms. The van der Waals surface area contributed by atoms with Gasteiger partial charge in [0, 0.05) is 6.42 Å². The molecule has 118 valence electrons. The number of hydrogen-bond donors (Lipinski definition) is 2. The summed E-state index contributed by atoms with van der Waals surface area (Å²) in [6.45, 7) is 0. The van der Waals surface area contributed by atoms with E-state index < -0.39 is 22.2 Å². The van der Waals surface area contributed by atoms with Gasteiger partial charge in [0.15, 0.2) is 0 Å². The van der Waals surface area contributed by atoms with Gasteiger partial charge in [-0.25, -0.2) is 13.1 Å². The number of hydrogen-bond acceptors (Lipinski definition) is 4. The molecule has 1 aliphatic carbocycles. The van der Waals surface area contributed by atoms with Crippen LogP contribution in [0.3, 0.4) is 0 Å². The average Bonchev–Trinajstić information content (AvgIpc) is 2.82. The molecule has 23 heavy (non-hydrogen) atoms. The number of nitrogens with zero attached hydrogens (tertiary/aromatic N) is 1. The SMILES string of the molecule is N#Cc1ccc(S(=O)(=O)N[C@H]2c3ccccc3C[C@H]2O)c(Cl)c1. The average molecular weight is 349 g/mol. The maximum atomic E-state index is 12.6. The van der Waals surface area contributed by atoms with E-state index in [0.29, 0.717) is 6.42 Å². The fraction of sp³-hybridized carbons (Fsp3) is 0.188. The number of rotatable bonds is 3. The van der Waals surface area contributed by atoms with Crippen molar-refractivity contribution >= 4 is 21.6 Å². The predicted molar refractivity (Wildman–Crippen MR) is 85.4 cm³/mol. The molecule has 7 heteroatoms. The van der Waals surface area contributed by atoms with Gasteiger partial charge in [-0.1, -0.05) is 35.9 Å². The molecule has 0 heterocycles. The van der Waals surface area contributed by atoms with Crippen LogP contribution in [0.2, 0.25) is 5.02 Å². The molecule has 2 atom stereocenters. The van der Waals surface area contributed by atoms with Crippen molar-refractivity contribution in [2.45, 2.75) is 23.5 Å². The number of nitriles is 1. The highest BCUT2D eigenvalue weighted by molar-refractivity contribution is 7.89. The van der Waals surface area contributed by atoms with Gasteiger partial charge < -0.3 is 5.11 Å². The largest absolute Gasteiger partial charge is 0.391 e. The Labute approximate surface area is 139 Å². The van der Waals surface area contributed by atoms with Crippen LogP contribution in [0.5, 0.6) is 0 Å². The molecule has 2 aromatic carbocycles. The molecule has 0 saturated heterocycles. The number of fused-ring (bicyclic) bond motifs is 1. The lowest BCUT2D eigenvalue weighted by atomic mass is 10.1. The number of halogens is 1. The van der Waals surface area contributed by atoms with Gasteiger partial charge in [0.25, 0.3) is 0 Å². The molecule has 0 amide bonds. The molecule has 0 aliphatic heterocycles. The first-order chi connectivity index (χ1) is 10.9. The number of sulfonamides is 1. The summed E-state index contributed by atoms with van der Waals surface area (Å²) in [5.41, 5.74) is 1.95. The Bertz CT molecular complexity index is 906. The normalized spacial score (nSPS) is 20.0. The minimum atomic E-state index is -3.93. The van der Waals surface area contributed by atoms with Gasteiger partial charge in [0.2, 0.25) is 10.0 Å². The Morgan fingerprint density at radius 2 is 2.00 bits per heavy atom. The third kappa shape index (κ3) is 2.96. The summed E-state index contributed by atoms with van der Waals surface area (Å²) in [7, 11) is -3.93. The van der Waals surface area contributed by atoms with Crippen molar-refractivity contribution in [1.29, 1.82) is 5.26 Å². The standard InChI is InChI=1S/C16H13ClN2O3S/c17-13-7-10(9-18)5-6-15(13)23(21,22)19-16-12-4-2-1-3-11(12)8-14(16)20/h1-7,14,16,19-20H,8H2/t14-,16+/m1/s1. The molecular formula is C16H13ClN2O3S. The Balaban J connectivity index is 1.95. The van der Waals surface area contributed by atoms with E-state index in [1.165, 1.54) is 18.2 Å². The molecule has 3 rings (SSSR count). The molecular weight excluding hydrogens is 336 g/mol. The fourth-order valence-electron chi connectivity index (χ4n) is 2.73. The van der Waals surface area contributed by atoms with Crippen molar-refractivity contribution < 1.29 is 13.5 Å². The molecule has 0 aromatic heterocycles. The third-order valence-corrected chi connectivity index (χ3v) is 5.76. The van der Waals surface area contributed by atoms with E-state index in [4.69, 9.17) is 16.9 Å². The molecule has 2 aromatic rings. The first-order valence-electron chi connectivity index (χ1n) is 6.90. The summed E-state index contributed by atoms with van der Waals surface area (Å²) in [4.78, 5) is -0.116. The summed E-state index contributed by atoms with van der Waals surface area (Å²) in [6, 6.07) is 12.5. The van der Waals surface area contributed by atoms with Crippen LogP contribution in [-0.2, 0) is 16.4 Å². The Hall–Kier alpha value is -1.91. The van der Waals surface area contributed by atoms with Gasteiger partial charge in [-0.2, -0.15) is 5.26 Å². The highest BCUT2D eigenvalue weighted by Crippen LogP contribution is 2.33. The molecule has 0 fully saturated rings. The first kappa shape index (κ1) is 16.0. The van der Waals surface area contributed by atoms with Crippen LogP contribution in [0.4, 0.5) is 0 Å². The third-order valence-electron chi connectivity index (χ3n) is 3.84. The Morgan fingerprint density at radius 1 is 1.26 bits per heavy atom. The van der Waals surface area contributed by atoms with Crippen molar-refractivity contribution in [1.82, 2.24) is 4.72 Å². The Morgan fingerprint density at radius 3 is 2.70 bits per heavy atom. The highest BCUT2D eigenvalue weighted by Gasteiger charge is 2.34. The highest BCUT2D eigenvalue weighted by atomic mass is 35.5. The van der Waals surface area contributed by atoms with Gasteiger partial charge in [-0.3, -0.25) is 0 Å². The smallest absolute Gasteiger partial charge is 0.242 e. The lowest BCUT2D eigenvalue weighted by Crippen LogP contribution is -2.34. The van der Waals surface area contributed by atoms with Gasteiger partial charge in [-0.05, 0) is 29.3 Å². The van der Waals surface area contributed by atoms with Gasteiger partial charge in [0.05, 0.1) is 28.8 Å². The predicted octanol–water partition coefficient (Wildman–Crippen LogP) is 2.15. The molecule has 0 unspecified atom stereocenters. The van der Waals surface area contributed by atoms with Gasteiger partial charge in [0.1, 0.15) is 4.90 Å². The number of aliphatic hydroxyl groups excluding tert-OH is 1. The molecule has 1 aliphatic rings. The minimum Gasteiger partial charge on any atom is -0.391 e. The zero-order valence-corrected chi connectivity index (χ0v) is 13.5.